The Morgan fingerprint density at radius 3 is 2.95 bits per heavy atom. The molecule has 0 N–H and O–H groups in total. The molecule has 0 unspecified atom stereocenters. The van der Waals surface area contributed by atoms with E-state index in [9.17, 15) is 4.79 Å². The van der Waals surface area contributed by atoms with Gasteiger partial charge in [0.25, 0.3) is 0 Å². The van der Waals surface area contributed by atoms with Crippen molar-refractivity contribution in [2.75, 3.05) is 6.61 Å². The highest BCUT2D eigenvalue weighted by Crippen LogP contribution is 2.31. The minimum absolute atomic E-state index is 0.299. The number of rotatable bonds is 3. The highest BCUT2D eigenvalue weighted by molar-refractivity contribution is 7.21. The van der Waals surface area contributed by atoms with E-state index in [2.05, 4.69) is 9.97 Å². The van der Waals surface area contributed by atoms with Crippen LogP contribution in [-0.2, 0) is 4.74 Å². The van der Waals surface area contributed by atoms with Crippen LogP contribution in [0.3, 0.4) is 0 Å². The van der Waals surface area contributed by atoms with Gasteiger partial charge in [-0.05, 0) is 44.2 Å². The summed E-state index contributed by atoms with van der Waals surface area (Å²) >= 11 is 1.56. The van der Waals surface area contributed by atoms with Crippen molar-refractivity contribution in [3.05, 3.63) is 47.8 Å². The fourth-order valence-electron chi connectivity index (χ4n) is 2.09. The summed E-state index contributed by atoms with van der Waals surface area (Å²) in [6, 6.07) is 9.35. The molecule has 0 aliphatic rings. The Hall–Kier alpha value is -2.27. The Morgan fingerprint density at radius 1 is 1.33 bits per heavy atom. The van der Waals surface area contributed by atoms with Crippen molar-refractivity contribution < 1.29 is 9.53 Å². The van der Waals surface area contributed by atoms with Gasteiger partial charge in [-0.25, -0.2) is 9.78 Å². The van der Waals surface area contributed by atoms with Crippen LogP contribution in [0.25, 0.3) is 20.8 Å². The number of hydrogen-bond donors (Lipinski definition) is 0. The summed E-state index contributed by atoms with van der Waals surface area (Å²) in [6.07, 6.45) is 1.77. The van der Waals surface area contributed by atoms with Crippen molar-refractivity contribution in [1.82, 2.24) is 9.97 Å². The van der Waals surface area contributed by atoms with Gasteiger partial charge in [-0.15, -0.1) is 11.3 Å². The van der Waals surface area contributed by atoms with Crippen molar-refractivity contribution in [2.45, 2.75) is 13.8 Å². The van der Waals surface area contributed by atoms with Crippen molar-refractivity contribution in [2.24, 2.45) is 0 Å². The number of thiazole rings is 1. The Balaban J connectivity index is 2.05. The Bertz CT molecular complexity index is 811. The number of benzene rings is 1. The molecule has 3 rings (SSSR count). The number of hydrogen-bond acceptors (Lipinski definition) is 5. The molecule has 1 aromatic carbocycles. The van der Waals surface area contributed by atoms with Crippen molar-refractivity contribution in [3.8, 4) is 10.6 Å². The largest absolute Gasteiger partial charge is 0.462 e. The van der Waals surface area contributed by atoms with E-state index in [1.54, 1.807) is 30.5 Å². The average molecular weight is 298 g/mol. The number of esters is 1. The molecule has 0 amide bonds. The van der Waals surface area contributed by atoms with Crippen LogP contribution in [0.4, 0.5) is 0 Å². The fraction of sp³-hybridized carbons (Fsp3) is 0.188. The molecule has 4 nitrogen and oxygen atoms in total. The third kappa shape index (κ3) is 2.64. The van der Waals surface area contributed by atoms with Gasteiger partial charge in [0, 0.05) is 17.5 Å². The van der Waals surface area contributed by atoms with E-state index in [0.717, 1.165) is 26.5 Å². The van der Waals surface area contributed by atoms with Gasteiger partial charge in [-0.3, -0.25) is 4.98 Å². The number of aryl methyl sites for hydroxylation is 1. The molecule has 106 valence electrons. The van der Waals surface area contributed by atoms with Crippen LogP contribution in [0.1, 0.15) is 23.0 Å². The second-order valence-electron chi connectivity index (χ2n) is 4.56. The highest BCUT2D eigenvalue weighted by atomic mass is 32.1. The maximum absolute atomic E-state index is 11.8. The monoisotopic (exact) mass is 298 g/mol. The lowest BCUT2D eigenvalue weighted by Crippen LogP contribution is -2.03. The normalized spacial score (nSPS) is 10.8. The summed E-state index contributed by atoms with van der Waals surface area (Å²) in [5, 5.41) is 0.914. The minimum Gasteiger partial charge on any atom is -0.462 e. The lowest BCUT2D eigenvalue weighted by atomic mass is 10.2. The van der Waals surface area contributed by atoms with Crippen LogP contribution in [0.15, 0.2) is 36.5 Å². The van der Waals surface area contributed by atoms with Gasteiger partial charge in [-0.1, -0.05) is 0 Å². The lowest BCUT2D eigenvalue weighted by molar-refractivity contribution is 0.0526. The summed E-state index contributed by atoms with van der Waals surface area (Å²) in [4.78, 5) is 20.7. The quantitative estimate of drug-likeness (QED) is 0.689. The van der Waals surface area contributed by atoms with E-state index in [-0.39, 0.29) is 5.97 Å². The average Bonchev–Trinajstić information content (AvgIpc) is 2.90. The van der Waals surface area contributed by atoms with Gasteiger partial charge in [-0.2, -0.15) is 0 Å². The molecule has 0 fully saturated rings. The van der Waals surface area contributed by atoms with Crippen LogP contribution >= 0.6 is 11.3 Å². The number of ether oxygens (including phenoxy) is 1. The summed E-state index contributed by atoms with van der Waals surface area (Å²) < 4.78 is 5.99. The first kappa shape index (κ1) is 13.7. The first-order valence-corrected chi connectivity index (χ1v) is 7.50. The number of fused-ring (bicyclic) bond motifs is 1. The molecule has 5 heteroatoms. The second kappa shape index (κ2) is 5.61. The maximum atomic E-state index is 11.8. The van der Waals surface area contributed by atoms with Crippen molar-refractivity contribution in [3.63, 3.8) is 0 Å². The number of aromatic nitrogens is 2. The van der Waals surface area contributed by atoms with Crippen LogP contribution in [0, 0.1) is 6.92 Å². The summed E-state index contributed by atoms with van der Waals surface area (Å²) in [5.41, 5.74) is 3.41. The topological polar surface area (TPSA) is 52.1 Å². The summed E-state index contributed by atoms with van der Waals surface area (Å²) in [7, 11) is 0. The highest BCUT2D eigenvalue weighted by Gasteiger charge is 2.12. The Labute approximate surface area is 126 Å². The van der Waals surface area contributed by atoms with Crippen LogP contribution in [-0.4, -0.2) is 22.5 Å². The van der Waals surface area contributed by atoms with Gasteiger partial charge >= 0.3 is 5.97 Å². The van der Waals surface area contributed by atoms with E-state index < -0.39 is 0 Å². The molecule has 0 atom stereocenters. The van der Waals surface area contributed by atoms with Crippen molar-refractivity contribution in [1.29, 1.82) is 0 Å². The molecule has 21 heavy (non-hydrogen) atoms. The standard InChI is InChI=1S/C16H14N2O2S/c1-3-20-16(19)11-6-7-13-14(9-11)21-15(18-13)12-5-4-8-17-10(12)2/h4-9H,3H2,1-2H3. The number of carbonyl (C=O) groups is 1. The zero-order chi connectivity index (χ0) is 14.8. The maximum Gasteiger partial charge on any atom is 0.338 e. The summed E-state index contributed by atoms with van der Waals surface area (Å²) in [6.45, 7) is 4.14. The van der Waals surface area contributed by atoms with Gasteiger partial charge in [0.15, 0.2) is 0 Å². The molecule has 2 aromatic heterocycles. The van der Waals surface area contributed by atoms with Crippen LogP contribution < -0.4 is 0 Å². The predicted octanol–water partition coefficient (Wildman–Crippen LogP) is 3.84. The number of nitrogens with zero attached hydrogens (tertiary/aromatic N) is 2. The van der Waals surface area contributed by atoms with E-state index in [1.807, 2.05) is 31.2 Å². The van der Waals surface area contributed by atoms with Crippen LogP contribution in [0.5, 0.6) is 0 Å². The minimum atomic E-state index is -0.299. The van der Waals surface area contributed by atoms with E-state index in [4.69, 9.17) is 4.74 Å². The molecule has 2 heterocycles. The molecule has 0 spiro atoms. The molecule has 0 radical (unpaired) electrons. The first-order valence-electron chi connectivity index (χ1n) is 6.68. The lowest BCUT2D eigenvalue weighted by Gasteiger charge is -2.00. The van der Waals surface area contributed by atoms with Crippen molar-refractivity contribution >= 4 is 27.5 Å². The Morgan fingerprint density at radius 2 is 2.19 bits per heavy atom. The molecule has 0 saturated heterocycles. The summed E-state index contributed by atoms with van der Waals surface area (Å²) in [5.74, 6) is -0.299. The fourth-order valence-corrected chi connectivity index (χ4v) is 3.17. The van der Waals surface area contributed by atoms with Gasteiger partial charge in [0.1, 0.15) is 5.01 Å². The smallest absolute Gasteiger partial charge is 0.338 e. The van der Waals surface area contributed by atoms with E-state index >= 15 is 0 Å². The molecular formula is C16H14N2O2S. The van der Waals surface area contributed by atoms with Gasteiger partial charge < -0.3 is 4.74 Å². The predicted molar refractivity (Wildman–Crippen MR) is 83.5 cm³/mol. The zero-order valence-corrected chi connectivity index (χ0v) is 12.6. The molecule has 3 aromatic rings. The van der Waals surface area contributed by atoms with Gasteiger partial charge in [0.05, 0.1) is 22.4 Å². The second-order valence-corrected chi connectivity index (χ2v) is 5.59. The third-order valence-electron chi connectivity index (χ3n) is 3.14. The molecule has 0 aliphatic carbocycles. The number of pyridine rings is 1. The van der Waals surface area contributed by atoms with E-state index in [1.165, 1.54) is 0 Å². The van der Waals surface area contributed by atoms with E-state index in [0.29, 0.717) is 12.2 Å². The molecular weight excluding hydrogens is 284 g/mol. The molecule has 0 aliphatic heterocycles. The number of carbonyl (C=O) groups excluding carboxylic acids is 1. The van der Waals surface area contributed by atoms with Gasteiger partial charge in [0.2, 0.25) is 0 Å². The Kier molecular flexibility index (Phi) is 3.66. The zero-order valence-electron chi connectivity index (χ0n) is 11.8. The SMILES string of the molecule is CCOC(=O)c1ccc2nc(-c3cccnc3C)sc2c1. The van der Waals surface area contributed by atoms with Crippen LogP contribution in [0.2, 0.25) is 0 Å². The first-order chi connectivity index (χ1) is 10.2. The molecule has 0 saturated carbocycles. The third-order valence-corrected chi connectivity index (χ3v) is 4.19. The molecule has 0 bridgehead atoms.